The second-order valence-corrected chi connectivity index (χ2v) is 13.8. The van der Waals surface area contributed by atoms with Crippen LogP contribution in [0.5, 0.6) is 0 Å². The molecule has 0 amide bonds. The molecule has 0 aromatic heterocycles. The third kappa shape index (κ3) is 6.70. The molecule has 0 saturated heterocycles. The van der Waals surface area contributed by atoms with Crippen molar-refractivity contribution < 1.29 is 9.22 Å². The van der Waals surface area contributed by atoms with E-state index in [0.29, 0.717) is 5.41 Å². The van der Waals surface area contributed by atoms with Crippen LogP contribution in [-0.2, 0) is 9.22 Å². The third-order valence-electron chi connectivity index (χ3n) is 3.80. The molecule has 0 aromatic carbocycles. The maximum atomic E-state index is 10.4. The van der Waals surface area contributed by atoms with Gasteiger partial charge in [0.2, 0.25) is 8.32 Å². The summed E-state index contributed by atoms with van der Waals surface area (Å²) in [7, 11) is -1.35. The molecule has 4 heteroatoms. The lowest BCUT2D eigenvalue weighted by molar-refractivity contribution is -0.105. The van der Waals surface area contributed by atoms with Gasteiger partial charge >= 0.3 is 0 Å². The van der Waals surface area contributed by atoms with Crippen molar-refractivity contribution in [2.24, 2.45) is 10.8 Å². The summed E-state index contributed by atoms with van der Waals surface area (Å²) in [6.07, 6.45) is 7.23. The van der Waals surface area contributed by atoms with E-state index in [2.05, 4.69) is 53.4 Å². The van der Waals surface area contributed by atoms with Crippen LogP contribution in [0.4, 0.5) is 0 Å². The van der Waals surface area contributed by atoms with Crippen LogP contribution in [0.15, 0.2) is 22.4 Å². The molecule has 2 aliphatic rings. The molecule has 22 heavy (non-hydrogen) atoms. The number of allylic oxidation sites excluding steroid dienone is 4. The van der Waals surface area contributed by atoms with Crippen molar-refractivity contribution in [3.8, 4) is 0 Å². The lowest BCUT2D eigenvalue weighted by Gasteiger charge is -2.19. The zero-order valence-electron chi connectivity index (χ0n) is 15.2. The monoisotopic (exact) mass is 342 g/mol. The number of rotatable bonds is 3. The SMILES string of the molecule is CC1(C)C=C(O[Si](C)(C)C)CC1.CC1(C)CC(Cl)=C(C=O)C1. The Labute approximate surface area is 142 Å². The van der Waals surface area contributed by atoms with Gasteiger partial charge in [-0.15, -0.1) is 0 Å². The van der Waals surface area contributed by atoms with E-state index in [1.54, 1.807) is 0 Å². The van der Waals surface area contributed by atoms with Gasteiger partial charge in [0.25, 0.3) is 0 Å². The molecule has 0 aromatic rings. The van der Waals surface area contributed by atoms with Gasteiger partial charge in [-0.1, -0.05) is 39.3 Å². The van der Waals surface area contributed by atoms with E-state index in [1.165, 1.54) is 12.2 Å². The first-order chi connectivity index (χ1) is 9.84. The molecular weight excluding hydrogens is 312 g/mol. The van der Waals surface area contributed by atoms with Crippen LogP contribution in [0, 0.1) is 10.8 Å². The molecule has 2 aliphatic carbocycles. The molecule has 0 atom stereocenters. The van der Waals surface area contributed by atoms with E-state index < -0.39 is 8.32 Å². The maximum Gasteiger partial charge on any atom is 0.241 e. The Balaban J connectivity index is 0.000000224. The summed E-state index contributed by atoms with van der Waals surface area (Å²) < 4.78 is 5.93. The van der Waals surface area contributed by atoms with Crippen molar-refractivity contribution >= 4 is 26.2 Å². The molecule has 0 aliphatic heterocycles. The first kappa shape index (κ1) is 19.5. The fourth-order valence-corrected chi connectivity index (χ4v) is 4.23. The first-order valence-electron chi connectivity index (χ1n) is 8.07. The van der Waals surface area contributed by atoms with Crippen molar-refractivity contribution in [1.29, 1.82) is 0 Å². The van der Waals surface area contributed by atoms with Crippen molar-refractivity contribution in [1.82, 2.24) is 0 Å². The zero-order valence-corrected chi connectivity index (χ0v) is 16.9. The van der Waals surface area contributed by atoms with Crippen LogP contribution in [0.3, 0.4) is 0 Å². The second kappa shape index (κ2) is 6.92. The minimum Gasteiger partial charge on any atom is -0.548 e. The minimum absolute atomic E-state index is 0.202. The number of carbonyl (C=O) groups is 1. The highest BCUT2D eigenvalue weighted by atomic mass is 35.5. The molecule has 2 rings (SSSR count). The Morgan fingerprint density at radius 3 is 2.05 bits per heavy atom. The largest absolute Gasteiger partial charge is 0.548 e. The quantitative estimate of drug-likeness (QED) is 0.461. The van der Waals surface area contributed by atoms with Crippen LogP contribution in [0.2, 0.25) is 19.6 Å². The lowest BCUT2D eigenvalue weighted by atomic mass is 9.90. The molecule has 0 heterocycles. The van der Waals surface area contributed by atoms with E-state index in [4.69, 9.17) is 16.0 Å². The Kier molecular flexibility index (Phi) is 6.13. The van der Waals surface area contributed by atoms with Gasteiger partial charge in [0.15, 0.2) is 0 Å². The minimum atomic E-state index is -1.35. The fourth-order valence-electron chi connectivity index (χ4n) is 2.81. The Hall–Kier alpha value is -0.543. The zero-order chi connectivity index (χ0) is 17.2. The molecule has 0 fully saturated rings. The molecule has 2 nitrogen and oxygen atoms in total. The maximum absolute atomic E-state index is 10.4. The molecule has 0 bridgehead atoms. The summed E-state index contributed by atoms with van der Waals surface area (Å²) in [6, 6.07) is 0. The van der Waals surface area contributed by atoms with Gasteiger partial charge in [-0.3, -0.25) is 4.79 Å². The van der Waals surface area contributed by atoms with Gasteiger partial charge in [0, 0.05) is 17.0 Å². The van der Waals surface area contributed by atoms with Crippen LogP contribution >= 0.6 is 11.6 Å². The first-order valence-corrected chi connectivity index (χ1v) is 11.9. The van der Waals surface area contributed by atoms with E-state index in [9.17, 15) is 4.79 Å². The highest BCUT2D eigenvalue weighted by Crippen LogP contribution is 2.41. The van der Waals surface area contributed by atoms with Crippen LogP contribution < -0.4 is 0 Å². The average Bonchev–Trinajstić information content (AvgIpc) is 2.76. The van der Waals surface area contributed by atoms with Gasteiger partial charge < -0.3 is 4.43 Å². The van der Waals surface area contributed by atoms with Crippen LogP contribution in [0.1, 0.15) is 53.4 Å². The Morgan fingerprint density at radius 1 is 1.18 bits per heavy atom. The number of halogens is 1. The standard InChI is InChI=1S/C10H20OSi.C8H11ClO/c1-10(2)7-6-9(8-10)11-12(3,4)5;1-8(2)3-6(5-10)7(9)4-8/h8H,6-7H2,1-5H3;5H,3-4H2,1-2H3. The fraction of sp³-hybridized carbons (Fsp3) is 0.722. The third-order valence-corrected chi connectivity index (χ3v) is 5.05. The van der Waals surface area contributed by atoms with E-state index >= 15 is 0 Å². The van der Waals surface area contributed by atoms with Gasteiger partial charge in [0.05, 0.1) is 5.76 Å². The summed E-state index contributed by atoms with van der Waals surface area (Å²) in [5, 5.41) is 0.750. The molecule has 126 valence electrons. The number of hydrogen-bond donors (Lipinski definition) is 0. The smallest absolute Gasteiger partial charge is 0.241 e. The molecular formula is C18H31ClO2Si. The van der Waals surface area contributed by atoms with E-state index in [-0.39, 0.29) is 5.41 Å². The molecule has 0 saturated carbocycles. The predicted molar refractivity (Wildman–Crippen MR) is 97.5 cm³/mol. The van der Waals surface area contributed by atoms with Crippen molar-refractivity contribution in [2.45, 2.75) is 73.0 Å². The number of aldehydes is 1. The van der Waals surface area contributed by atoms with Gasteiger partial charge in [0.1, 0.15) is 6.29 Å². The second-order valence-electron chi connectivity index (χ2n) is 8.88. The van der Waals surface area contributed by atoms with E-state index in [1.807, 2.05) is 0 Å². The summed E-state index contributed by atoms with van der Waals surface area (Å²) >= 11 is 5.81. The highest BCUT2D eigenvalue weighted by molar-refractivity contribution is 6.70. The molecule has 0 N–H and O–H groups in total. The Bertz CT molecular complexity index is 482. The predicted octanol–water partition coefficient (Wildman–Crippen LogP) is 6.04. The van der Waals surface area contributed by atoms with Crippen LogP contribution in [0.25, 0.3) is 0 Å². The van der Waals surface area contributed by atoms with E-state index in [0.717, 1.165) is 36.2 Å². The lowest BCUT2D eigenvalue weighted by Crippen LogP contribution is -2.24. The number of carbonyl (C=O) groups excluding carboxylic acids is 1. The summed E-state index contributed by atoms with van der Waals surface area (Å²) in [4.78, 5) is 10.4. The topological polar surface area (TPSA) is 26.3 Å². The van der Waals surface area contributed by atoms with Gasteiger partial charge in [-0.25, -0.2) is 0 Å². The van der Waals surface area contributed by atoms with Crippen molar-refractivity contribution in [3.05, 3.63) is 22.4 Å². The van der Waals surface area contributed by atoms with Crippen molar-refractivity contribution in [3.63, 3.8) is 0 Å². The number of hydrogen-bond acceptors (Lipinski definition) is 2. The average molecular weight is 343 g/mol. The summed E-state index contributed by atoms with van der Waals surface area (Å²) in [5.74, 6) is 1.24. The van der Waals surface area contributed by atoms with Crippen molar-refractivity contribution in [2.75, 3.05) is 0 Å². The molecule has 0 spiro atoms. The molecule has 0 radical (unpaired) electrons. The van der Waals surface area contributed by atoms with Crippen LogP contribution in [-0.4, -0.2) is 14.6 Å². The molecule has 0 unspecified atom stereocenters. The normalized spacial score (nSPS) is 22.8. The Morgan fingerprint density at radius 2 is 1.77 bits per heavy atom. The van der Waals surface area contributed by atoms with Gasteiger partial charge in [-0.2, -0.15) is 0 Å². The highest BCUT2D eigenvalue weighted by Gasteiger charge is 2.29. The summed E-state index contributed by atoms with van der Waals surface area (Å²) in [6.45, 7) is 15.5. The van der Waals surface area contributed by atoms with Gasteiger partial charge in [-0.05, 0) is 55.8 Å². The summed E-state index contributed by atoms with van der Waals surface area (Å²) in [5.41, 5.74) is 1.36.